The second-order valence-electron chi connectivity index (χ2n) is 5.73. The normalized spacial score (nSPS) is 18.2. The maximum atomic E-state index is 9.42. The van der Waals surface area contributed by atoms with Crippen molar-refractivity contribution in [3.8, 4) is 11.5 Å². The lowest BCUT2D eigenvalue weighted by Gasteiger charge is -2.38. The van der Waals surface area contributed by atoms with Crippen molar-refractivity contribution >= 4 is 0 Å². The van der Waals surface area contributed by atoms with Crippen LogP contribution in [0.25, 0.3) is 0 Å². The van der Waals surface area contributed by atoms with Gasteiger partial charge in [0.15, 0.2) is 0 Å². The molecule has 0 radical (unpaired) electrons. The van der Waals surface area contributed by atoms with Gasteiger partial charge in [-0.05, 0) is 24.6 Å². The molecule has 1 aliphatic rings. The van der Waals surface area contributed by atoms with Gasteiger partial charge in [0.2, 0.25) is 0 Å². The first-order chi connectivity index (χ1) is 10.7. The van der Waals surface area contributed by atoms with E-state index in [0.29, 0.717) is 6.04 Å². The standard InChI is InChI=1S/C17H28N2O3/c1-4-15(13-20)19-9-7-18(8-10-19)12-14-11-16(21-2)5-6-17(14)22-3/h5-6,11,15,20H,4,7-10,12-13H2,1-3H3. The summed E-state index contributed by atoms with van der Waals surface area (Å²) >= 11 is 0. The Morgan fingerprint density at radius 1 is 1.14 bits per heavy atom. The second-order valence-corrected chi connectivity index (χ2v) is 5.73. The zero-order valence-corrected chi connectivity index (χ0v) is 13.9. The Hall–Kier alpha value is -1.30. The van der Waals surface area contributed by atoms with Crippen molar-refractivity contribution in [1.29, 1.82) is 0 Å². The van der Waals surface area contributed by atoms with Crippen LogP contribution >= 0.6 is 0 Å². The van der Waals surface area contributed by atoms with Gasteiger partial charge in [0.05, 0.1) is 20.8 Å². The van der Waals surface area contributed by atoms with Crippen molar-refractivity contribution in [2.24, 2.45) is 0 Å². The van der Waals surface area contributed by atoms with Crippen LogP contribution in [-0.4, -0.2) is 68.0 Å². The Bertz CT molecular complexity index is 455. The topological polar surface area (TPSA) is 45.2 Å². The number of nitrogens with zero attached hydrogens (tertiary/aromatic N) is 2. The minimum absolute atomic E-state index is 0.250. The average molecular weight is 308 g/mol. The SMILES string of the molecule is CCC(CO)N1CCN(Cc2cc(OC)ccc2OC)CC1. The van der Waals surface area contributed by atoms with E-state index < -0.39 is 0 Å². The van der Waals surface area contributed by atoms with Gasteiger partial charge in [-0.2, -0.15) is 0 Å². The number of ether oxygens (including phenoxy) is 2. The van der Waals surface area contributed by atoms with Crippen molar-refractivity contribution < 1.29 is 14.6 Å². The number of piperazine rings is 1. The Morgan fingerprint density at radius 3 is 2.41 bits per heavy atom. The molecular formula is C17H28N2O3. The van der Waals surface area contributed by atoms with Crippen LogP contribution < -0.4 is 9.47 Å². The van der Waals surface area contributed by atoms with E-state index in [1.165, 1.54) is 0 Å². The number of aliphatic hydroxyl groups is 1. The van der Waals surface area contributed by atoms with Crippen molar-refractivity contribution in [3.63, 3.8) is 0 Å². The van der Waals surface area contributed by atoms with E-state index in [2.05, 4.69) is 16.7 Å². The maximum Gasteiger partial charge on any atom is 0.123 e. The van der Waals surface area contributed by atoms with E-state index in [9.17, 15) is 5.11 Å². The Balaban J connectivity index is 1.96. The monoisotopic (exact) mass is 308 g/mol. The molecule has 1 aromatic rings. The van der Waals surface area contributed by atoms with Crippen LogP contribution in [0, 0.1) is 0 Å². The van der Waals surface area contributed by atoms with Gasteiger partial charge in [-0.25, -0.2) is 0 Å². The van der Waals surface area contributed by atoms with E-state index in [0.717, 1.165) is 56.2 Å². The van der Waals surface area contributed by atoms with E-state index in [1.807, 2.05) is 18.2 Å². The van der Waals surface area contributed by atoms with E-state index in [1.54, 1.807) is 14.2 Å². The fraction of sp³-hybridized carbons (Fsp3) is 0.647. The minimum atomic E-state index is 0.250. The highest BCUT2D eigenvalue weighted by Crippen LogP contribution is 2.25. The highest BCUT2D eigenvalue weighted by atomic mass is 16.5. The average Bonchev–Trinajstić information content (AvgIpc) is 2.57. The molecule has 5 nitrogen and oxygen atoms in total. The van der Waals surface area contributed by atoms with E-state index in [-0.39, 0.29) is 6.61 Å². The van der Waals surface area contributed by atoms with Gasteiger partial charge >= 0.3 is 0 Å². The molecule has 0 saturated carbocycles. The van der Waals surface area contributed by atoms with Gasteiger partial charge in [0.25, 0.3) is 0 Å². The molecule has 0 aromatic heterocycles. The molecule has 22 heavy (non-hydrogen) atoms. The fourth-order valence-corrected chi connectivity index (χ4v) is 3.04. The summed E-state index contributed by atoms with van der Waals surface area (Å²) in [7, 11) is 3.39. The summed E-state index contributed by atoms with van der Waals surface area (Å²) in [5.41, 5.74) is 1.16. The fourth-order valence-electron chi connectivity index (χ4n) is 3.04. The highest BCUT2D eigenvalue weighted by Gasteiger charge is 2.22. The van der Waals surface area contributed by atoms with Gasteiger partial charge in [-0.15, -0.1) is 0 Å². The molecule has 124 valence electrons. The number of hydrogen-bond acceptors (Lipinski definition) is 5. The Morgan fingerprint density at radius 2 is 1.86 bits per heavy atom. The molecule has 0 spiro atoms. The van der Waals surface area contributed by atoms with E-state index >= 15 is 0 Å². The van der Waals surface area contributed by atoms with Crippen molar-refractivity contribution in [3.05, 3.63) is 23.8 Å². The Kier molecular flexibility index (Phi) is 6.49. The lowest BCUT2D eigenvalue weighted by Crippen LogP contribution is -2.50. The lowest BCUT2D eigenvalue weighted by atomic mass is 10.1. The number of rotatable bonds is 7. The molecule has 1 fully saturated rings. The number of aliphatic hydroxyl groups excluding tert-OH is 1. The van der Waals surface area contributed by atoms with Crippen molar-refractivity contribution in [1.82, 2.24) is 9.80 Å². The summed E-state index contributed by atoms with van der Waals surface area (Å²) in [4.78, 5) is 4.82. The third kappa shape index (κ3) is 4.12. The molecule has 0 bridgehead atoms. The minimum Gasteiger partial charge on any atom is -0.497 e. The van der Waals surface area contributed by atoms with Crippen molar-refractivity contribution in [2.75, 3.05) is 47.0 Å². The molecule has 5 heteroatoms. The van der Waals surface area contributed by atoms with Crippen LogP contribution in [0.4, 0.5) is 0 Å². The smallest absolute Gasteiger partial charge is 0.123 e. The summed E-state index contributed by atoms with van der Waals surface area (Å²) in [6.07, 6.45) is 1.00. The molecule has 0 aliphatic carbocycles. The van der Waals surface area contributed by atoms with Gasteiger partial charge in [-0.1, -0.05) is 6.92 Å². The van der Waals surface area contributed by atoms with Gasteiger partial charge < -0.3 is 14.6 Å². The van der Waals surface area contributed by atoms with Crippen LogP contribution in [-0.2, 0) is 6.54 Å². The number of methoxy groups -OCH3 is 2. The first kappa shape index (κ1) is 17.1. The number of benzene rings is 1. The molecule has 1 unspecified atom stereocenters. The van der Waals surface area contributed by atoms with Crippen LogP contribution in [0.5, 0.6) is 11.5 Å². The predicted octanol–water partition coefficient (Wildman–Crippen LogP) is 1.59. The molecule has 0 amide bonds. The number of hydrogen-bond donors (Lipinski definition) is 1. The zero-order valence-electron chi connectivity index (χ0n) is 13.9. The van der Waals surface area contributed by atoms with Gasteiger partial charge in [0, 0.05) is 44.3 Å². The van der Waals surface area contributed by atoms with Crippen LogP contribution in [0.15, 0.2) is 18.2 Å². The summed E-state index contributed by atoms with van der Waals surface area (Å²) in [6.45, 7) is 7.28. The lowest BCUT2D eigenvalue weighted by molar-refractivity contribution is 0.0605. The molecular weight excluding hydrogens is 280 g/mol. The summed E-state index contributed by atoms with van der Waals surface area (Å²) in [5, 5.41) is 9.42. The molecule has 2 rings (SSSR count). The maximum absolute atomic E-state index is 9.42. The Labute approximate surface area is 133 Å². The first-order valence-corrected chi connectivity index (χ1v) is 8.00. The quantitative estimate of drug-likeness (QED) is 0.829. The third-order valence-electron chi connectivity index (χ3n) is 4.49. The van der Waals surface area contributed by atoms with Crippen LogP contribution in [0.2, 0.25) is 0 Å². The molecule has 1 atom stereocenters. The van der Waals surface area contributed by atoms with E-state index in [4.69, 9.17) is 9.47 Å². The largest absolute Gasteiger partial charge is 0.497 e. The molecule has 1 saturated heterocycles. The van der Waals surface area contributed by atoms with Crippen molar-refractivity contribution in [2.45, 2.75) is 25.9 Å². The zero-order chi connectivity index (χ0) is 15.9. The summed E-state index contributed by atoms with van der Waals surface area (Å²) in [6, 6.07) is 6.23. The first-order valence-electron chi connectivity index (χ1n) is 8.00. The van der Waals surface area contributed by atoms with Crippen LogP contribution in [0.3, 0.4) is 0 Å². The second kappa shape index (κ2) is 8.36. The van der Waals surface area contributed by atoms with Crippen LogP contribution in [0.1, 0.15) is 18.9 Å². The summed E-state index contributed by atoms with van der Waals surface area (Å²) < 4.78 is 10.8. The molecule has 1 aliphatic heterocycles. The third-order valence-corrected chi connectivity index (χ3v) is 4.49. The highest BCUT2D eigenvalue weighted by molar-refractivity contribution is 5.40. The van der Waals surface area contributed by atoms with Gasteiger partial charge in [-0.3, -0.25) is 9.80 Å². The molecule has 1 N–H and O–H groups in total. The molecule has 1 aromatic carbocycles. The predicted molar refractivity (Wildman–Crippen MR) is 87.6 cm³/mol. The molecule has 1 heterocycles. The summed E-state index contributed by atoms with van der Waals surface area (Å²) in [5.74, 6) is 1.77. The van der Waals surface area contributed by atoms with Gasteiger partial charge in [0.1, 0.15) is 11.5 Å².